The van der Waals surface area contributed by atoms with E-state index in [0.29, 0.717) is 10.4 Å². The van der Waals surface area contributed by atoms with Gasteiger partial charge in [-0.05, 0) is 28.1 Å². The van der Waals surface area contributed by atoms with Gasteiger partial charge in [-0.15, -0.1) is 0 Å². The number of hydrogen-bond acceptors (Lipinski definition) is 3. The van der Waals surface area contributed by atoms with Crippen LogP contribution in [0.1, 0.15) is 0 Å². The molecule has 5 heteroatoms. The number of carbonyl (C=O) groups is 1. The largest absolute Gasteiger partial charge is 0.479 e. The molecule has 0 aliphatic heterocycles. The highest BCUT2D eigenvalue weighted by atomic mass is 79.9. The van der Waals surface area contributed by atoms with Crippen molar-refractivity contribution in [1.29, 1.82) is 0 Å². The van der Waals surface area contributed by atoms with Crippen molar-refractivity contribution < 1.29 is 14.6 Å². The maximum absolute atomic E-state index is 10.1. The molecule has 0 aliphatic rings. The van der Waals surface area contributed by atoms with E-state index in [0.717, 1.165) is 0 Å². The summed E-state index contributed by atoms with van der Waals surface area (Å²) in [5.74, 6) is -0.729. The van der Waals surface area contributed by atoms with Crippen molar-refractivity contribution in [3.05, 3.63) is 22.8 Å². The number of hydrogen-bond donors (Lipinski definition) is 1. The maximum atomic E-state index is 10.1. The zero-order chi connectivity index (χ0) is 8.97. The second-order valence-corrected chi connectivity index (χ2v) is 2.83. The van der Waals surface area contributed by atoms with Gasteiger partial charge in [0.2, 0.25) is 5.88 Å². The van der Waals surface area contributed by atoms with Crippen LogP contribution >= 0.6 is 15.9 Å². The fraction of sp³-hybridized carbons (Fsp3) is 0.143. The van der Waals surface area contributed by atoms with Crippen LogP contribution in [0.3, 0.4) is 0 Å². The van der Waals surface area contributed by atoms with Crippen molar-refractivity contribution in [3.63, 3.8) is 0 Å². The molecule has 0 aliphatic carbocycles. The topological polar surface area (TPSA) is 59.4 Å². The molecule has 64 valence electrons. The molecule has 0 atom stereocenters. The van der Waals surface area contributed by atoms with E-state index in [2.05, 4.69) is 20.9 Å². The molecular formula is C7H6BrNO3. The molecule has 1 N–H and O–H groups in total. The second kappa shape index (κ2) is 4.06. The van der Waals surface area contributed by atoms with E-state index in [1.165, 1.54) is 6.20 Å². The van der Waals surface area contributed by atoms with E-state index in [1.807, 2.05) is 0 Å². The summed E-state index contributed by atoms with van der Waals surface area (Å²) in [5, 5.41) is 8.30. The summed E-state index contributed by atoms with van der Waals surface area (Å²) in [5.41, 5.74) is 0. The third-order valence-corrected chi connectivity index (χ3v) is 1.66. The Bertz CT molecular complexity index is 290. The van der Waals surface area contributed by atoms with Crippen molar-refractivity contribution >= 4 is 21.9 Å². The molecular weight excluding hydrogens is 226 g/mol. The Labute approximate surface area is 77.3 Å². The number of pyridine rings is 1. The van der Waals surface area contributed by atoms with Crippen LogP contribution < -0.4 is 4.74 Å². The van der Waals surface area contributed by atoms with Gasteiger partial charge in [0.05, 0.1) is 4.47 Å². The first-order valence-corrected chi connectivity index (χ1v) is 3.94. The van der Waals surface area contributed by atoms with Crippen LogP contribution in [-0.4, -0.2) is 22.7 Å². The van der Waals surface area contributed by atoms with Crippen LogP contribution in [0.4, 0.5) is 0 Å². The first-order chi connectivity index (χ1) is 5.70. The molecule has 0 saturated heterocycles. The molecule has 12 heavy (non-hydrogen) atoms. The molecule has 0 saturated carbocycles. The highest BCUT2D eigenvalue weighted by Gasteiger charge is 2.03. The molecule has 1 rings (SSSR count). The fourth-order valence-corrected chi connectivity index (χ4v) is 0.977. The third-order valence-electron chi connectivity index (χ3n) is 1.06. The maximum Gasteiger partial charge on any atom is 0.341 e. The Hall–Kier alpha value is -1.10. The number of aliphatic carboxylic acids is 1. The van der Waals surface area contributed by atoms with E-state index in [9.17, 15) is 4.79 Å². The molecule has 1 aromatic rings. The SMILES string of the molecule is O=C(O)COc1ncccc1Br. The lowest BCUT2D eigenvalue weighted by Gasteiger charge is -2.02. The first kappa shape index (κ1) is 8.99. The number of carboxylic acid groups (broad SMARTS) is 1. The minimum Gasteiger partial charge on any atom is -0.479 e. The lowest BCUT2D eigenvalue weighted by atomic mass is 10.5. The van der Waals surface area contributed by atoms with Crippen molar-refractivity contribution in [2.75, 3.05) is 6.61 Å². The summed E-state index contributed by atoms with van der Waals surface area (Å²) in [6.07, 6.45) is 1.53. The monoisotopic (exact) mass is 231 g/mol. The highest BCUT2D eigenvalue weighted by Crippen LogP contribution is 2.20. The van der Waals surface area contributed by atoms with Crippen LogP contribution in [0.5, 0.6) is 5.88 Å². The molecule has 1 heterocycles. The summed E-state index contributed by atoms with van der Waals surface area (Å²) >= 11 is 3.17. The molecule has 0 unspecified atom stereocenters. The van der Waals surface area contributed by atoms with Crippen LogP contribution in [0.25, 0.3) is 0 Å². The standard InChI is InChI=1S/C7H6BrNO3/c8-5-2-1-3-9-7(5)12-4-6(10)11/h1-3H,4H2,(H,10,11). The predicted molar refractivity (Wildman–Crippen MR) is 45.1 cm³/mol. The summed E-state index contributed by atoms with van der Waals surface area (Å²) < 4.78 is 5.49. The predicted octanol–water partition coefficient (Wildman–Crippen LogP) is 1.31. The minimum absolute atomic E-state index is 0.292. The molecule has 0 aromatic carbocycles. The smallest absolute Gasteiger partial charge is 0.341 e. The van der Waals surface area contributed by atoms with Crippen molar-refractivity contribution in [2.24, 2.45) is 0 Å². The highest BCUT2D eigenvalue weighted by molar-refractivity contribution is 9.10. The van der Waals surface area contributed by atoms with Gasteiger partial charge in [-0.3, -0.25) is 0 Å². The van der Waals surface area contributed by atoms with Crippen LogP contribution in [0.2, 0.25) is 0 Å². The average molecular weight is 232 g/mol. The Morgan fingerprint density at radius 2 is 2.50 bits per heavy atom. The van der Waals surface area contributed by atoms with E-state index < -0.39 is 5.97 Å². The van der Waals surface area contributed by atoms with Gasteiger partial charge in [-0.2, -0.15) is 0 Å². The first-order valence-electron chi connectivity index (χ1n) is 3.15. The Kier molecular flexibility index (Phi) is 3.04. The van der Waals surface area contributed by atoms with Crippen molar-refractivity contribution in [2.45, 2.75) is 0 Å². The van der Waals surface area contributed by atoms with Crippen molar-refractivity contribution in [3.8, 4) is 5.88 Å². The Morgan fingerprint density at radius 3 is 3.08 bits per heavy atom. The van der Waals surface area contributed by atoms with Gasteiger partial charge in [0.25, 0.3) is 0 Å². The quantitative estimate of drug-likeness (QED) is 0.853. The molecule has 1 aromatic heterocycles. The van der Waals surface area contributed by atoms with Gasteiger partial charge in [0, 0.05) is 6.20 Å². The van der Waals surface area contributed by atoms with Crippen LogP contribution in [-0.2, 0) is 4.79 Å². The average Bonchev–Trinajstić information content (AvgIpc) is 2.03. The lowest BCUT2D eigenvalue weighted by molar-refractivity contribution is -0.139. The number of nitrogens with zero attached hydrogens (tertiary/aromatic N) is 1. The van der Waals surface area contributed by atoms with Gasteiger partial charge >= 0.3 is 5.97 Å². The number of rotatable bonds is 3. The lowest BCUT2D eigenvalue weighted by Crippen LogP contribution is -2.10. The van der Waals surface area contributed by atoms with Gasteiger partial charge in [-0.25, -0.2) is 9.78 Å². The van der Waals surface area contributed by atoms with Crippen molar-refractivity contribution in [1.82, 2.24) is 4.98 Å². The molecule has 0 bridgehead atoms. The molecule has 0 spiro atoms. The number of aromatic nitrogens is 1. The zero-order valence-corrected chi connectivity index (χ0v) is 7.61. The van der Waals surface area contributed by atoms with Gasteiger partial charge < -0.3 is 9.84 Å². The Balaban J connectivity index is 2.63. The van der Waals surface area contributed by atoms with Gasteiger partial charge in [0.1, 0.15) is 0 Å². The molecule has 0 amide bonds. The minimum atomic E-state index is -1.02. The summed E-state index contributed by atoms with van der Waals surface area (Å²) in [6.45, 7) is -0.379. The third kappa shape index (κ3) is 2.50. The number of ether oxygens (including phenoxy) is 1. The summed E-state index contributed by atoms with van der Waals surface area (Å²) in [6, 6.07) is 3.45. The molecule has 4 nitrogen and oxygen atoms in total. The van der Waals surface area contributed by atoms with Gasteiger partial charge in [-0.1, -0.05) is 0 Å². The Morgan fingerprint density at radius 1 is 1.75 bits per heavy atom. The van der Waals surface area contributed by atoms with Gasteiger partial charge in [0.15, 0.2) is 6.61 Å². The molecule has 0 fully saturated rings. The fourth-order valence-electron chi connectivity index (χ4n) is 0.608. The summed E-state index contributed by atoms with van der Waals surface area (Å²) in [7, 11) is 0. The second-order valence-electron chi connectivity index (χ2n) is 1.97. The van der Waals surface area contributed by atoms with Crippen LogP contribution in [0, 0.1) is 0 Å². The number of halogens is 1. The summed E-state index contributed by atoms with van der Waals surface area (Å²) in [4.78, 5) is 13.9. The van der Waals surface area contributed by atoms with E-state index in [1.54, 1.807) is 12.1 Å². The molecule has 0 radical (unpaired) electrons. The van der Waals surface area contributed by atoms with Crippen LogP contribution in [0.15, 0.2) is 22.8 Å². The van der Waals surface area contributed by atoms with E-state index >= 15 is 0 Å². The van der Waals surface area contributed by atoms with E-state index in [-0.39, 0.29) is 6.61 Å². The zero-order valence-electron chi connectivity index (χ0n) is 6.03. The number of carboxylic acids is 1. The normalized spacial score (nSPS) is 9.42. The van der Waals surface area contributed by atoms with E-state index in [4.69, 9.17) is 9.84 Å².